The molecule has 0 atom stereocenters. The van der Waals surface area contributed by atoms with E-state index in [9.17, 15) is 9.18 Å². The first-order chi connectivity index (χ1) is 8.18. The summed E-state index contributed by atoms with van der Waals surface area (Å²) < 4.78 is 13.8. The van der Waals surface area contributed by atoms with Gasteiger partial charge in [0.25, 0.3) is 0 Å². The second-order valence-electron chi connectivity index (χ2n) is 4.45. The number of aryl methyl sites for hydroxylation is 1. The van der Waals surface area contributed by atoms with Crippen molar-refractivity contribution < 1.29 is 4.39 Å². The van der Waals surface area contributed by atoms with E-state index in [2.05, 4.69) is 10.3 Å². The van der Waals surface area contributed by atoms with Gasteiger partial charge in [0.05, 0.1) is 10.9 Å². The summed E-state index contributed by atoms with van der Waals surface area (Å²) in [6.07, 6.45) is 0.788. The molecule has 88 valence electrons. The number of pyridine rings is 1. The Morgan fingerprint density at radius 3 is 3.00 bits per heavy atom. The summed E-state index contributed by atoms with van der Waals surface area (Å²) in [5.41, 5.74) is 2.97. The predicted molar refractivity (Wildman–Crippen MR) is 64.7 cm³/mol. The molecule has 1 aromatic heterocycles. The van der Waals surface area contributed by atoms with Crippen LogP contribution in [-0.2, 0) is 13.0 Å². The molecule has 0 bridgehead atoms. The van der Waals surface area contributed by atoms with Crippen molar-refractivity contribution >= 4 is 10.9 Å². The quantitative estimate of drug-likeness (QED) is 0.725. The second kappa shape index (κ2) is 3.67. The van der Waals surface area contributed by atoms with Crippen molar-refractivity contribution in [1.29, 1.82) is 0 Å². The van der Waals surface area contributed by atoms with Gasteiger partial charge >= 0.3 is 0 Å². The summed E-state index contributed by atoms with van der Waals surface area (Å²) in [7, 11) is 0. The Labute approximate surface area is 97.7 Å². The first-order valence-electron chi connectivity index (χ1n) is 5.72. The number of aromatic amines is 1. The van der Waals surface area contributed by atoms with Crippen molar-refractivity contribution in [2.24, 2.45) is 0 Å². The largest absolute Gasteiger partial charge is 0.358 e. The molecule has 2 aromatic rings. The van der Waals surface area contributed by atoms with E-state index < -0.39 is 5.82 Å². The molecule has 1 aromatic carbocycles. The van der Waals surface area contributed by atoms with Gasteiger partial charge in [0.1, 0.15) is 5.82 Å². The molecule has 4 heteroatoms. The fourth-order valence-electron chi connectivity index (χ4n) is 2.41. The monoisotopic (exact) mass is 232 g/mol. The minimum atomic E-state index is -0.444. The summed E-state index contributed by atoms with van der Waals surface area (Å²) in [6.45, 7) is 3.25. The van der Waals surface area contributed by atoms with Gasteiger partial charge in [-0.25, -0.2) is 4.39 Å². The van der Waals surface area contributed by atoms with Crippen molar-refractivity contribution in [2.45, 2.75) is 19.9 Å². The Kier molecular flexibility index (Phi) is 2.26. The third kappa shape index (κ3) is 1.48. The SMILES string of the molecule is Cc1ccc(F)c2c(=O)c3c([nH]c12)CCNC3. The number of hydrogen-bond donors (Lipinski definition) is 2. The summed E-state index contributed by atoms with van der Waals surface area (Å²) in [4.78, 5) is 15.5. The van der Waals surface area contributed by atoms with E-state index in [0.29, 0.717) is 17.6 Å². The average Bonchev–Trinajstić information content (AvgIpc) is 2.34. The molecule has 0 radical (unpaired) electrons. The molecule has 0 unspecified atom stereocenters. The molecule has 1 aliphatic heterocycles. The number of halogens is 1. The fourth-order valence-corrected chi connectivity index (χ4v) is 2.41. The Morgan fingerprint density at radius 2 is 2.18 bits per heavy atom. The van der Waals surface area contributed by atoms with E-state index in [0.717, 1.165) is 24.2 Å². The van der Waals surface area contributed by atoms with Crippen LogP contribution < -0.4 is 10.7 Å². The first kappa shape index (κ1) is 10.5. The normalized spacial score (nSPS) is 14.9. The number of fused-ring (bicyclic) bond motifs is 2. The number of nitrogens with one attached hydrogen (secondary N) is 2. The molecule has 3 nitrogen and oxygen atoms in total. The molecule has 2 heterocycles. The zero-order chi connectivity index (χ0) is 12.0. The van der Waals surface area contributed by atoms with E-state index >= 15 is 0 Å². The summed E-state index contributed by atoms with van der Waals surface area (Å²) >= 11 is 0. The van der Waals surface area contributed by atoms with Crippen LogP contribution in [0.25, 0.3) is 10.9 Å². The minimum absolute atomic E-state index is 0.179. The topological polar surface area (TPSA) is 44.9 Å². The van der Waals surface area contributed by atoms with Crippen molar-refractivity contribution in [1.82, 2.24) is 10.3 Å². The van der Waals surface area contributed by atoms with Crippen molar-refractivity contribution in [3.05, 3.63) is 45.0 Å². The molecule has 0 amide bonds. The predicted octanol–water partition coefficient (Wildman–Crippen LogP) is 1.62. The summed E-state index contributed by atoms with van der Waals surface area (Å²) in [5, 5.41) is 3.33. The summed E-state index contributed by atoms with van der Waals surface area (Å²) in [5.74, 6) is -0.444. The minimum Gasteiger partial charge on any atom is -0.358 e. The van der Waals surface area contributed by atoms with Crippen molar-refractivity contribution in [3.8, 4) is 0 Å². The third-order valence-corrected chi connectivity index (χ3v) is 3.36. The molecule has 0 spiro atoms. The number of H-pyrrole nitrogens is 1. The average molecular weight is 232 g/mol. The van der Waals surface area contributed by atoms with E-state index in [4.69, 9.17) is 0 Å². The van der Waals surface area contributed by atoms with Crippen LogP contribution in [0.15, 0.2) is 16.9 Å². The second-order valence-corrected chi connectivity index (χ2v) is 4.45. The van der Waals surface area contributed by atoms with Crippen molar-refractivity contribution in [3.63, 3.8) is 0 Å². The van der Waals surface area contributed by atoms with Crippen LogP contribution in [0.2, 0.25) is 0 Å². The summed E-state index contributed by atoms with van der Waals surface area (Å²) in [6, 6.07) is 3.05. The number of hydrogen-bond acceptors (Lipinski definition) is 2. The Hall–Kier alpha value is -1.68. The smallest absolute Gasteiger partial charge is 0.197 e. The molecular formula is C13H13FN2O. The lowest BCUT2D eigenvalue weighted by atomic mass is 10.0. The lowest BCUT2D eigenvalue weighted by molar-refractivity contribution is 0.622. The molecule has 0 fully saturated rings. The molecule has 2 N–H and O–H groups in total. The highest BCUT2D eigenvalue weighted by atomic mass is 19.1. The van der Waals surface area contributed by atoms with E-state index in [1.54, 1.807) is 6.07 Å². The van der Waals surface area contributed by atoms with Gasteiger partial charge < -0.3 is 10.3 Å². The van der Waals surface area contributed by atoms with Gasteiger partial charge in [-0.05, 0) is 18.6 Å². The van der Waals surface area contributed by atoms with E-state index in [1.165, 1.54) is 6.07 Å². The zero-order valence-corrected chi connectivity index (χ0v) is 9.56. The number of aromatic nitrogens is 1. The van der Waals surface area contributed by atoms with E-state index in [1.807, 2.05) is 6.92 Å². The van der Waals surface area contributed by atoms with Crippen LogP contribution in [-0.4, -0.2) is 11.5 Å². The Morgan fingerprint density at radius 1 is 1.35 bits per heavy atom. The molecule has 0 saturated carbocycles. The number of benzene rings is 1. The van der Waals surface area contributed by atoms with Gasteiger partial charge in [-0.3, -0.25) is 4.79 Å². The molecule has 0 saturated heterocycles. The van der Waals surface area contributed by atoms with Crippen LogP contribution in [0.3, 0.4) is 0 Å². The van der Waals surface area contributed by atoms with Gasteiger partial charge in [-0.1, -0.05) is 6.07 Å². The van der Waals surface area contributed by atoms with Crippen LogP contribution in [0.4, 0.5) is 4.39 Å². The van der Waals surface area contributed by atoms with Gasteiger partial charge in [-0.2, -0.15) is 0 Å². The van der Waals surface area contributed by atoms with Gasteiger partial charge in [0.15, 0.2) is 5.43 Å². The maximum atomic E-state index is 13.8. The fraction of sp³-hybridized carbons (Fsp3) is 0.308. The highest BCUT2D eigenvalue weighted by Crippen LogP contribution is 2.20. The van der Waals surface area contributed by atoms with Crippen molar-refractivity contribution in [2.75, 3.05) is 6.54 Å². The highest BCUT2D eigenvalue weighted by molar-refractivity contribution is 5.83. The van der Waals surface area contributed by atoms with Gasteiger partial charge in [0, 0.05) is 30.8 Å². The Bertz CT molecular complexity index is 660. The standard InChI is InChI=1S/C13H13FN2O/c1-7-2-3-9(14)11-12(7)16-10-4-5-15-6-8(10)13(11)17/h2-3,15H,4-6H2,1H3,(H,16,17). The molecule has 1 aliphatic rings. The lowest BCUT2D eigenvalue weighted by Gasteiger charge is -2.17. The molecule has 3 rings (SSSR count). The van der Waals surface area contributed by atoms with Crippen LogP contribution >= 0.6 is 0 Å². The van der Waals surface area contributed by atoms with Gasteiger partial charge in [0.2, 0.25) is 0 Å². The lowest BCUT2D eigenvalue weighted by Crippen LogP contribution is -2.30. The first-order valence-corrected chi connectivity index (χ1v) is 5.72. The van der Waals surface area contributed by atoms with Gasteiger partial charge in [-0.15, -0.1) is 0 Å². The van der Waals surface area contributed by atoms with Crippen LogP contribution in [0.1, 0.15) is 16.8 Å². The zero-order valence-electron chi connectivity index (χ0n) is 9.56. The molecule has 0 aliphatic carbocycles. The number of rotatable bonds is 0. The highest BCUT2D eigenvalue weighted by Gasteiger charge is 2.17. The molecule has 17 heavy (non-hydrogen) atoms. The maximum absolute atomic E-state index is 13.8. The molecular weight excluding hydrogens is 219 g/mol. The Balaban J connectivity index is 2.48. The van der Waals surface area contributed by atoms with Crippen LogP contribution in [0.5, 0.6) is 0 Å². The third-order valence-electron chi connectivity index (χ3n) is 3.36. The maximum Gasteiger partial charge on any atom is 0.197 e. The van der Waals surface area contributed by atoms with Crippen LogP contribution in [0, 0.1) is 12.7 Å². The van der Waals surface area contributed by atoms with E-state index in [-0.39, 0.29) is 10.8 Å².